The highest BCUT2D eigenvalue weighted by Crippen LogP contribution is 2.26. The zero-order valence-electron chi connectivity index (χ0n) is 11.0. The predicted molar refractivity (Wildman–Crippen MR) is 71.0 cm³/mol. The molecule has 7 nitrogen and oxygen atoms in total. The molecular weight excluding hydrogens is 234 g/mol. The van der Waals surface area contributed by atoms with E-state index in [0.29, 0.717) is 24.7 Å². The Kier molecular flexibility index (Phi) is 5.29. The van der Waals surface area contributed by atoms with Crippen LogP contribution in [0.2, 0.25) is 0 Å². The molecule has 0 amide bonds. The average molecular weight is 253 g/mol. The molecule has 1 heterocycles. The molecule has 0 atom stereocenters. The van der Waals surface area contributed by atoms with Crippen molar-refractivity contribution in [3.05, 3.63) is 15.8 Å². The summed E-state index contributed by atoms with van der Waals surface area (Å²) in [7, 11) is 0. The zero-order chi connectivity index (χ0) is 13.5. The molecule has 0 bridgehead atoms. The highest BCUT2D eigenvalue weighted by atomic mass is 16.6. The van der Waals surface area contributed by atoms with Gasteiger partial charge in [0.2, 0.25) is 11.8 Å². The third kappa shape index (κ3) is 3.54. The third-order valence-corrected chi connectivity index (χ3v) is 2.40. The van der Waals surface area contributed by atoms with Crippen molar-refractivity contribution in [1.29, 1.82) is 0 Å². The van der Waals surface area contributed by atoms with Gasteiger partial charge in [-0.25, -0.2) is 4.98 Å². The third-order valence-electron chi connectivity index (χ3n) is 2.40. The number of unbranched alkanes of at least 4 members (excludes halogenated alkanes) is 1. The number of nitro groups is 1. The van der Waals surface area contributed by atoms with Crippen molar-refractivity contribution >= 4 is 17.5 Å². The van der Waals surface area contributed by atoms with Crippen LogP contribution >= 0.6 is 0 Å². The molecule has 0 aromatic carbocycles. The Labute approximate surface area is 106 Å². The van der Waals surface area contributed by atoms with E-state index in [4.69, 9.17) is 0 Å². The summed E-state index contributed by atoms with van der Waals surface area (Å²) in [6.45, 7) is 6.94. The Morgan fingerprint density at radius 3 is 2.56 bits per heavy atom. The molecular formula is C11H19N5O2. The van der Waals surface area contributed by atoms with Crippen molar-refractivity contribution in [3.63, 3.8) is 0 Å². The van der Waals surface area contributed by atoms with Crippen molar-refractivity contribution in [2.45, 2.75) is 33.6 Å². The van der Waals surface area contributed by atoms with E-state index < -0.39 is 4.92 Å². The second kappa shape index (κ2) is 6.73. The Morgan fingerprint density at radius 2 is 2.00 bits per heavy atom. The number of hydrogen-bond donors (Lipinski definition) is 2. The fourth-order valence-corrected chi connectivity index (χ4v) is 1.53. The second-order valence-electron chi connectivity index (χ2n) is 3.90. The minimum absolute atomic E-state index is 0.0484. The van der Waals surface area contributed by atoms with Crippen molar-refractivity contribution in [2.24, 2.45) is 0 Å². The lowest BCUT2D eigenvalue weighted by Crippen LogP contribution is -2.11. The summed E-state index contributed by atoms with van der Waals surface area (Å²) in [5.74, 6) is 0.705. The van der Waals surface area contributed by atoms with Crippen LogP contribution in [0.15, 0.2) is 0 Å². The molecule has 1 aromatic heterocycles. The fraction of sp³-hybridized carbons (Fsp3) is 0.636. The van der Waals surface area contributed by atoms with Gasteiger partial charge in [0.05, 0.1) is 4.92 Å². The molecule has 0 spiro atoms. The van der Waals surface area contributed by atoms with Crippen LogP contribution in [0, 0.1) is 17.0 Å². The quantitative estimate of drug-likeness (QED) is 0.440. The van der Waals surface area contributed by atoms with E-state index >= 15 is 0 Å². The monoisotopic (exact) mass is 253 g/mol. The number of aryl methyl sites for hydroxylation is 1. The molecule has 0 aliphatic heterocycles. The Morgan fingerprint density at radius 1 is 1.28 bits per heavy atom. The maximum atomic E-state index is 11.0. The normalized spacial score (nSPS) is 10.2. The maximum absolute atomic E-state index is 11.0. The van der Waals surface area contributed by atoms with Gasteiger partial charge >= 0.3 is 5.69 Å². The molecule has 1 aromatic rings. The minimum atomic E-state index is -0.445. The van der Waals surface area contributed by atoms with Crippen molar-refractivity contribution < 1.29 is 4.92 Å². The first-order chi connectivity index (χ1) is 8.60. The molecule has 0 saturated heterocycles. The molecule has 0 aliphatic rings. The Hall–Kier alpha value is -1.92. The molecule has 0 radical (unpaired) electrons. The van der Waals surface area contributed by atoms with E-state index in [-0.39, 0.29) is 11.5 Å². The number of rotatable bonds is 7. The predicted octanol–water partition coefficient (Wildman–Crippen LogP) is 2.34. The summed E-state index contributed by atoms with van der Waals surface area (Å²) in [6, 6.07) is 0. The molecule has 18 heavy (non-hydrogen) atoms. The first kappa shape index (κ1) is 14.1. The van der Waals surface area contributed by atoms with E-state index in [9.17, 15) is 10.1 Å². The number of nitrogens with one attached hydrogen (secondary N) is 2. The van der Waals surface area contributed by atoms with E-state index in [0.717, 1.165) is 12.8 Å². The first-order valence-corrected chi connectivity index (χ1v) is 6.10. The molecule has 1 rings (SSSR count). The molecule has 100 valence electrons. The van der Waals surface area contributed by atoms with Crippen LogP contribution < -0.4 is 10.6 Å². The van der Waals surface area contributed by atoms with Crippen molar-refractivity contribution in [2.75, 3.05) is 23.7 Å². The van der Waals surface area contributed by atoms with Crippen molar-refractivity contribution in [3.8, 4) is 0 Å². The van der Waals surface area contributed by atoms with Gasteiger partial charge in [-0.1, -0.05) is 13.3 Å². The summed E-state index contributed by atoms with van der Waals surface area (Å²) in [6.07, 6.45) is 1.96. The van der Waals surface area contributed by atoms with Crippen LogP contribution in [0.5, 0.6) is 0 Å². The van der Waals surface area contributed by atoms with E-state index in [2.05, 4.69) is 27.5 Å². The molecule has 7 heteroatoms. The van der Waals surface area contributed by atoms with Gasteiger partial charge in [-0.2, -0.15) is 4.98 Å². The highest BCUT2D eigenvalue weighted by molar-refractivity contribution is 5.60. The number of hydrogen-bond acceptors (Lipinski definition) is 6. The van der Waals surface area contributed by atoms with Gasteiger partial charge in [-0.05, 0) is 20.3 Å². The molecule has 0 unspecified atom stereocenters. The molecule has 0 saturated carbocycles. The summed E-state index contributed by atoms with van der Waals surface area (Å²) < 4.78 is 0. The van der Waals surface area contributed by atoms with Gasteiger partial charge in [0.1, 0.15) is 5.69 Å². The topological polar surface area (TPSA) is 93.0 Å². The van der Waals surface area contributed by atoms with E-state index in [1.54, 1.807) is 6.92 Å². The number of anilines is 2. The number of aromatic nitrogens is 2. The van der Waals surface area contributed by atoms with Crippen LogP contribution in [0.4, 0.5) is 17.5 Å². The van der Waals surface area contributed by atoms with Gasteiger partial charge in [-0.15, -0.1) is 0 Å². The number of nitrogens with zero attached hydrogens (tertiary/aromatic N) is 3. The van der Waals surface area contributed by atoms with Gasteiger partial charge in [0.15, 0.2) is 0 Å². The fourth-order valence-electron chi connectivity index (χ4n) is 1.53. The van der Waals surface area contributed by atoms with E-state index in [1.807, 2.05) is 6.92 Å². The zero-order valence-corrected chi connectivity index (χ0v) is 11.0. The van der Waals surface area contributed by atoms with Crippen molar-refractivity contribution in [1.82, 2.24) is 9.97 Å². The summed E-state index contributed by atoms with van der Waals surface area (Å²) >= 11 is 0. The summed E-state index contributed by atoms with van der Waals surface area (Å²) in [5.41, 5.74) is 0.317. The first-order valence-electron chi connectivity index (χ1n) is 6.10. The van der Waals surface area contributed by atoms with Crippen LogP contribution in [0.1, 0.15) is 32.4 Å². The Balaban J connectivity index is 3.03. The standard InChI is InChI=1S/C11H19N5O2/c1-4-6-7-13-10-9(16(17)18)8(3)14-11(15-10)12-5-2/h4-7H2,1-3H3,(H2,12,13,14,15). The van der Waals surface area contributed by atoms with Crippen LogP contribution in [0.25, 0.3) is 0 Å². The van der Waals surface area contributed by atoms with Crippen LogP contribution in [-0.2, 0) is 0 Å². The SMILES string of the molecule is CCCCNc1nc(NCC)nc(C)c1[N+](=O)[O-]. The minimum Gasteiger partial charge on any atom is -0.364 e. The van der Waals surface area contributed by atoms with E-state index in [1.165, 1.54) is 0 Å². The summed E-state index contributed by atoms with van der Waals surface area (Å²) in [5, 5.41) is 17.0. The summed E-state index contributed by atoms with van der Waals surface area (Å²) in [4.78, 5) is 18.8. The second-order valence-corrected chi connectivity index (χ2v) is 3.90. The lowest BCUT2D eigenvalue weighted by atomic mass is 10.3. The van der Waals surface area contributed by atoms with Gasteiger partial charge in [-0.3, -0.25) is 10.1 Å². The molecule has 2 N–H and O–H groups in total. The van der Waals surface area contributed by atoms with Crippen LogP contribution in [0.3, 0.4) is 0 Å². The van der Waals surface area contributed by atoms with Gasteiger partial charge < -0.3 is 10.6 Å². The molecule has 0 fully saturated rings. The lowest BCUT2D eigenvalue weighted by molar-refractivity contribution is -0.385. The van der Waals surface area contributed by atoms with Gasteiger partial charge in [0.25, 0.3) is 0 Å². The average Bonchev–Trinajstić information content (AvgIpc) is 2.28. The Bertz CT molecular complexity index is 422. The van der Waals surface area contributed by atoms with Crippen LogP contribution in [-0.4, -0.2) is 28.0 Å². The largest absolute Gasteiger partial charge is 0.364 e. The maximum Gasteiger partial charge on any atom is 0.332 e. The lowest BCUT2D eigenvalue weighted by Gasteiger charge is -2.09. The highest BCUT2D eigenvalue weighted by Gasteiger charge is 2.21. The smallest absolute Gasteiger partial charge is 0.332 e. The van der Waals surface area contributed by atoms with Gasteiger partial charge in [0, 0.05) is 13.1 Å². The molecule has 0 aliphatic carbocycles.